The molecule has 0 saturated carbocycles. The first-order chi connectivity index (χ1) is 9.97. The lowest BCUT2D eigenvalue weighted by Gasteiger charge is -2.17. The molecule has 2 N–H and O–H groups in total. The summed E-state index contributed by atoms with van der Waals surface area (Å²) in [6, 6.07) is 6.21. The van der Waals surface area contributed by atoms with Crippen molar-refractivity contribution in [3.63, 3.8) is 0 Å². The first-order valence-electron chi connectivity index (χ1n) is 6.48. The van der Waals surface area contributed by atoms with Gasteiger partial charge in [0.15, 0.2) is 0 Å². The minimum absolute atomic E-state index is 0.0474. The molecule has 3 rings (SSSR count). The SMILES string of the molecule is Cn1cc(N)cc1C(=O)N1CCc2cc([N+](=O)[O-])ccc21. The van der Waals surface area contributed by atoms with Gasteiger partial charge in [-0.2, -0.15) is 0 Å². The van der Waals surface area contributed by atoms with Gasteiger partial charge in [0.05, 0.1) is 10.6 Å². The number of nitrogens with zero attached hydrogens (tertiary/aromatic N) is 3. The van der Waals surface area contributed by atoms with E-state index in [4.69, 9.17) is 5.73 Å². The van der Waals surface area contributed by atoms with Gasteiger partial charge in [0.25, 0.3) is 11.6 Å². The van der Waals surface area contributed by atoms with Gasteiger partial charge in [-0.25, -0.2) is 0 Å². The number of nitro benzene ring substituents is 1. The van der Waals surface area contributed by atoms with E-state index in [-0.39, 0.29) is 11.6 Å². The van der Waals surface area contributed by atoms with Crippen LogP contribution in [-0.2, 0) is 13.5 Å². The Kier molecular flexibility index (Phi) is 2.90. The highest BCUT2D eigenvalue weighted by atomic mass is 16.6. The van der Waals surface area contributed by atoms with Gasteiger partial charge in [-0.05, 0) is 24.1 Å². The molecule has 108 valence electrons. The van der Waals surface area contributed by atoms with Gasteiger partial charge in [0, 0.05) is 37.6 Å². The van der Waals surface area contributed by atoms with E-state index in [0.717, 1.165) is 11.3 Å². The number of nitrogen functional groups attached to an aromatic ring is 1. The summed E-state index contributed by atoms with van der Waals surface area (Å²) in [7, 11) is 1.76. The molecule has 0 unspecified atom stereocenters. The standard InChI is InChI=1S/C14H14N4O3/c1-16-8-10(15)7-13(16)14(19)17-5-4-9-6-11(18(20)21)2-3-12(9)17/h2-3,6-8H,4-5,15H2,1H3. The molecule has 0 fully saturated rings. The van der Waals surface area contributed by atoms with Crippen LogP contribution in [0.3, 0.4) is 0 Å². The number of hydrogen-bond donors (Lipinski definition) is 1. The van der Waals surface area contributed by atoms with Crippen molar-refractivity contribution in [1.29, 1.82) is 0 Å². The van der Waals surface area contributed by atoms with E-state index in [0.29, 0.717) is 24.3 Å². The van der Waals surface area contributed by atoms with Crippen molar-refractivity contribution in [2.45, 2.75) is 6.42 Å². The molecule has 1 aromatic heterocycles. The monoisotopic (exact) mass is 286 g/mol. The molecule has 7 heteroatoms. The van der Waals surface area contributed by atoms with E-state index in [1.807, 2.05) is 0 Å². The maximum absolute atomic E-state index is 12.6. The second-order valence-electron chi connectivity index (χ2n) is 5.05. The third-order valence-electron chi connectivity index (χ3n) is 3.66. The third-order valence-corrected chi connectivity index (χ3v) is 3.66. The van der Waals surface area contributed by atoms with E-state index >= 15 is 0 Å². The summed E-state index contributed by atoms with van der Waals surface area (Å²) in [5, 5.41) is 10.8. The summed E-state index contributed by atoms with van der Waals surface area (Å²) in [5.41, 5.74) is 8.32. The molecule has 2 heterocycles. The van der Waals surface area contributed by atoms with E-state index in [2.05, 4.69) is 0 Å². The van der Waals surface area contributed by atoms with Crippen molar-refractivity contribution in [2.24, 2.45) is 7.05 Å². The predicted molar refractivity (Wildman–Crippen MR) is 78.3 cm³/mol. The van der Waals surface area contributed by atoms with Crippen LogP contribution in [0.2, 0.25) is 0 Å². The number of hydrogen-bond acceptors (Lipinski definition) is 4. The second-order valence-corrected chi connectivity index (χ2v) is 5.05. The van der Waals surface area contributed by atoms with Crippen molar-refractivity contribution < 1.29 is 9.72 Å². The van der Waals surface area contributed by atoms with Gasteiger partial charge >= 0.3 is 0 Å². The number of fused-ring (bicyclic) bond motifs is 1. The number of aromatic nitrogens is 1. The van der Waals surface area contributed by atoms with Crippen LogP contribution in [0.15, 0.2) is 30.5 Å². The van der Waals surface area contributed by atoms with E-state index < -0.39 is 4.92 Å². The molecule has 0 radical (unpaired) electrons. The number of nitro groups is 1. The molecule has 7 nitrogen and oxygen atoms in total. The van der Waals surface area contributed by atoms with Crippen LogP contribution < -0.4 is 10.6 Å². The van der Waals surface area contributed by atoms with Crippen molar-refractivity contribution in [2.75, 3.05) is 17.2 Å². The Morgan fingerprint density at radius 2 is 2.14 bits per heavy atom. The van der Waals surface area contributed by atoms with Crippen LogP contribution in [0.1, 0.15) is 16.1 Å². The van der Waals surface area contributed by atoms with Gasteiger partial charge in [0.1, 0.15) is 5.69 Å². The number of amides is 1. The minimum atomic E-state index is -0.428. The molecular formula is C14H14N4O3. The number of carbonyl (C=O) groups excluding carboxylic acids is 1. The average molecular weight is 286 g/mol. The van der Waals surface area contributed by atoms with Crippen LogP contribution in [0, 0.1) is 10.1 Å². The van der Waals surface area contributed by atoms with Crippen molar-refractivity contribution in [3.8, 4) is 0 Å². The highest BCUT2D eigenvalue weighted by Gasteiger charge is 2.28. The largest absolute Gasteiger partial charge is 0.397 e. The molecule has 1 aromatic carbocycles. The molecule has 1 aliphatic rings. The van der Waals surface area contributed by atoms with Crippen molar-refractivity contribution in [1.82, 2.24) is 4.57 Å². The van der Waals surface area contributed by atoms with Gasteiger partial charge < -0.3 is 15.2 Å². The smallest absolute Gasteiger partial charge is 0.274 e. The van der Waals surface area contributed by atoms with Gasteiger partial charge in [-0.3, -0.25) is 14.9 Å². The minimum Gasteiger partial charge on any atom is -0.397 e. The number of aryl methyl sites for hydroxylation is 1. The molecule has 0 aliphatic carbocycles. The van der Waals surface area contributed by atoms with Gasteiger partial charge in [-0.1, -0.05) is 0 Å². The molecule has 0 saturated heterocycles. The summed E-state index contributed by atoms with van der Waals surface area (Å²) < 4.78 is 1.68. The lowest BCUT2D eigenvalue weighted by molar-refractivity contribution is -0.384. The Morgan fingerprint density at radius 1 is 1.38 bits per heavy atom. The third kappa shape index (κ3) is 2.12. The Morgan fingerprint density at radius 3 is 2.76 bits per heavy atom. The average Bonchev–Trinajstić information content (AvgIpc) is 3.00. The lowest BCUT2D eigenvalue weighted by atomic mass is 10.1. The zero-order valence-corrected chi connectivity index (χ0v) is 11.4. The van der Waals surface area contributed by atoms with Crippen LogP contribution >= 0.6 is 0 Å². The molecule has 2 aromatic rings. The van der Waals surface area contributed by atoms with Crippen molar-refractivity contribution >= 4 is 23.0 Å². The number of non-ortho nitro benzene ring substituents is 1. The maximum Gasteiger partial charge on any atom is 0.274 e. The summed E-state index contributed by atoms with van der Waals surface area (Å²) in [6.45, 7) is 0.514. The molecular weight excluding hydrogens is 272 g/mol. The highest BCUT2D eigenvalue weighted by Crippen LogP contribution is 2.32. The van der Waals surface area contributed by atoms with Gasteiger partial charge in [0.2, 0.25) is 0 Å². The predicted octanol–water partition coefficient (Wildman–Crippen LogP) is 1.72. The zero-order chi connectivity index (χ0) is 15.1. The molecule has 1 amide bonds. The molecule has 1 aliphatic heterocycles. The summed E-state index contributed by atoms with van der Waals surface area (Å²) >= 11 is 0. The number of anilines is 2. The van der Waals surface area contributed by atoms with Crippen LogP contribution in [0.5, 0.6) is 0 Å². The first-order valence-corrected chi connectivity index (χ1v) is 6.48. The number of rotatable bonds is 2. The maximum atomic E-state index is 12.6. The number of benzene rings is 1. The van der Waals surface area contributed by atoms with E-state index in [1.54, 1.807) is 34.8 Å². The van der Waals surface area contributed by atoms with Crippen LogP contribution in [0.25, 0.3) is 0 Å². The number of nitrogens with two attached hydrogens (primary N) is 1. The fraction of sp³-hybridized carbons (Fsp3) is 0.214. The Bertz CT molecular complexity index is 751. The van der Waals surface area contributed by atoms with Crippen LogP contribution in [-0.4, -0.2) is 21.9 Å². The Hall–Kier alpha value is -2.83. The molecule has 0 bridgehead atoms. The molecule has 0 atom stereocenters. The Labute approximate surface area is 120 Å². The fourth-order valence-corrected chi connectivity index (χ4v) is 2.65. The summed E-state index contributed by atoms with van der Waals surface area (Å²) in [4.78, 5) is 24.6. The Balaban J connectivity index is 1.96. The summed E-state index contributed by atoms with van der Waals surface area (Å²) in [6.07, 6.45) is 2.29. The van der Waals surface area contributed by atoms with Gasteiger partial charge in [-0.15, -0.1) is 0 Å². The number of carbonyl (C=O) groups is 1. The zero-order valence-electron chi connectivity index (χ0n) is 11.4. The van der Waals surface area contributed by atoms with Crippen LogP contribution in [0.4, 0.5) is 17.1 Å². The quantitative estimate of drug-likeness (QED) is 0.671. The normalized spacial score (nSPS) is 13.3. The first kappa shape index (κ1) is 13.2. The van der Waals surface area contributed by atoms with Crippen molar-refractivity contribution in [3.05, 3.63) is 51.8 Å². The topological polar surface area (TPSA) is 94.4 Å². The van der Waals surface area contributed by atoms with E-state index in [1.165, 1.54) is 12.1 Å². The molecule has 21 heavy (non-hydrogen) atoms. The second kappa shape index (κ2) is 4.62. The van der Waals surface area contributed by atoms with E-state index in [9.17, 15) is 14.9 Å². The molecule has 0 spiro atoms. The highest BCUT2D eigenvalue weighted by molar-refractivity contribution is 6.07. The summed E-state index contributed by atoms with van der Waals surface area (Å²) in [5.74, 6) is -0.151. The fourth-order valence-electron chi connectivity index (χ4n) is 2.65. The lowest BCUT2D eigenvalue weighted by Crippen LogP contribution is -2.30.